The molecule has 0 radical (unpaired) electrons. The lowest BCUT2D eigenvalue weighted by molar-refractivity contribution is 0.0610. The van der Waals surface area contributed by atoms with E-state index in [9.17, 15) is 4.79 Å². The monoisotopic (exact) mass is 342 g/mol. The van der Waals surface area contributed by atoms with Crippen molar-refractivity contribution in [3.05, 3.63) is 42.0 Å². The van der Waals surface area contributed by atoms with E-state index in [0.29, 0.717) is 0 Å². The maximum atomic E-state index is 12.6. The molecule has 3 atom stereocenters. The molecule has 3 aliphatic rings. The standard InChI is InChI=1S/C20H26N2OS/c1-24-19-6-4-16(5-7-19)20(23)22-10-8-21(9-11-22)14-18-13-15-2-3-17(18)12-15/h2-7,15,17-18H,8-14H2,1H3. The summed E-state index contributed by atoms with van der Waals surface area (Å²) in [7, 11) is 0. The summed E-state index contributed by atoms with van der Waals surface area (Å²) in [6.07, 6.45) is 9.68. The highest BCUT2D eigenvalue weighted by molar-refractivity contribution is 7.98. The average Bonchev–Trinajstić information content (AvgIpc) is 3.25. The van der Waals surface area contributed by atoms with Crippen molar-refractivity contribution in [3.8, 4) is 0 Å². The largest absolute Gasteiger partial charge is 0.336 e. The van der Waals surface area contributed by atoms with E-state index >= 15 is 0 Å². The topological polar surface area (TPSA) is 23.6 Å². The van der Waals surface area contributed by atoms with Gasteiger partial charge >= 0.3 is 0 Å². The lowest BCUT2D eigenvalue weighted by atomic mass is 9.93. The van der Waals surface area contributed by atoms with Gasteiger partial charge in [0.05, 0.1) is 0 Å². The minimum atomic E-state index is 0.185. The molecule has 1 saturated heterocycles. The molecule has 0 N–H and O–H groups in total. The van der Waals surface area contributed by atoms with Gasteiger partial charge in [0.15, 0.2) is 0 Å². The fraction of sp³-hybridized carbons (Fsp3) is 0.550. The number of nitrogens with zero attached hydrogens (tertiary/aromatic N) is 2. The van der Waals surface area contributed by atoms with Gasteiger partial charge in [0.1, 0.15) is 0 Å². The minimum Gasteiger partial charge on any atom is -0.336 e. The Kier molecular flexibility index (Phi) is 4.68. The number of piperazine rings is 1. The van der Waals surface area contributed by atoms with Gasteiger partial charge < -0.3 is 4.90 Å². The summed E-state index contributed by atoms with van der Waals surface area (Å²) >= 11 is 1.71. The Morgan fingerprint density at radius 2 is 1.83 bits per heavy atom. The van der Waals surface area contributed by atoms with Gasteiger partial charge in [-0.15, -0.1) is 11.8 Å². The van der Waals surface area contributed by atoms with E-state index < -0.39 is 0 Å². The summed E-state index contributed by atoms with van der Waals surface area (Å²) in [6.45, 7) is 4.98. The molecule has 128 valence electrons. The molecule has 24 heavy (non-hydrogen) atoms. The van der Waals surface area contributed by atoms with E-state index in [1.165, 1.54) is 24.3 Å². The Labute approximate surface area is 149 Å². The molecule has 1 aromatic carbocycles. The second-order valence-corrected chi connectivity index (χ2v) is 8.24. The number of thioether (sulfide) groups is 1. The van der Waals surface area contributed by atoms with Crippen molar-refractivity contribution in [3.63, 3.8) is 0 Å². The third-order valence-corrected chi connectivity index (χ3v) is 6.65. The third-order valence-electron chi connectivity index (χ3n) is 5.91. The molecule has 1 aromatic rings. The number of hydrogen-bond acceptors (Lipinski definition) is 3. The van der Waals surface area contributed by atoms with Crippen LogP contribution in [0.4, 0.5) is 0 Å². The lowest BCUT2D eigenvalue weighted by Crippen LogP contribution is -2.50. The van der Waals surface area contributed by atoms with Crippen molar-refractivity contribution in [1.82, 2.24) is 9.80 Å². The number of benzene rings is 1. The molecule has 0 spiro atoms. The molecule has 1 amide bonds. The number of amides is 1. The smallest absolute Gasteiger partial charge is 0.253 e. The molecule has 4 rings (SSSR count). The number of fused-ring (bicyclic) bond motifs is 2. The Balaban J connectivity index is 1.29. The summed E-state index contributed by atoms with van der Waals surface area (Å²) in [5, 5.41) is 0. The molecule has 2 aliphatic carbocycles. The van der Waals surface area contributed by atoms with Gasteiger partial charge in [0.25, 0.3) is 5.91 Å². The molecular formula is C20H26N2OS. The molecule has 3 unspecified atom stereocenters. The highest BCUT2D eigenvalue weighted by Gasteiger charge is 2.36. The van der Waals surface area contributed by atoms with Crippen LogP contribution in [0, 0.1) is 17.8 Å². The Morgan fingerprint density at radius 1 is 1.08 bits per heavy atom. The molecule has 2 bridgehead atoms. The van der Waals surface area contributed by atoms with Crippen LogP contribution in [0.1, 0.15) is 23.2 Å². The van der Waals surface area contributed by atoms with Gasteiger partial charge in [-0.25, -0.2) is 0 Å². The van der Waals surface area contributed by atoms with E-state index in [4.69, 9.17) is 0 Å². The number of carbonyl (C=O) groups is 1. The maximum absolute atomic E-state index is 12.6. The van der Waals surface area contributed by atoms with Crippen LogP contribution in [0.15, 0.2) is 41.3 Å². The van der Waals surface area contributed by atoms with Gasteiger partial charge in [0, 0.05) is 43.2 Å². The molecule has 0 aromatic heterocycles. The van der Waals surface area contributed by atoms with Crippen LogP contribution >= 0.6 is 11.8 Å². The molecule has 1 heterocycles. The fourth-order valence-electron chi connectivity index (χ4n) is 4.49. The van der Waals surface area contributed by atoms with E-state index in [1.807, 2.05) is 29.2 Å². The Morgan fingerprint density at radius 3 is 2.42 bits per heavy atom. The van der Waals surface area contributed by atoms with Gasteiger partial charge in [-0.3, -0.25) is 9.69 Å². The Bertz CT molecular complexity index is 619. The molecule has 1 aliphatic heterocycles. The summed E-state index contributed by atoms with van der Waals surface area (Å²) in [4.78, 5) is 18.4. The van der Waals surface area contributed by atoms with Crippen molar-refractivity contribution in [2.75, 3.05) is 39.0 Å². The minimum absolute atomic E-state index is 0.185. The normalized spacial score (nSPS) is 29.4. The molecule has 3 nitrogen and oxygen atoms in total. The van der Waals surface area contributed by atoms with Crippen LogP contribution in [0.5, 0.6) is 0 Å². The number of carbonyl (C=O) groups excluding carboxylic acids is 1. The molecule has 4 heteroatoms. The number of allylic oxidation sites excluding steroid dienone is 2. The maximum Gasteiger partial charge on any atom is 0.253 e. The van der Waals surface area contributed by atoms with Gasteiger partial charge in [-0.2, -0.15) is 0 Å². The van der Waals surface area contributed by atoms with Crippen LogP contribution < -0.4 is 0 Å². The second kappa shape index (κ2) is 6.93. The van der Waals surface area contributed by atoms with Crippen LogP contribution in [0.25, 0.3) is 0 Å². The first-order chi connectivity index (χ1) is 11.7. The molecule has 2 fully saturated rings. The molecular weight excluding hydrogens is 316 g/mol. The average molecular weight is 343 g/mol. The number of hydrogen-bond donors (Lipinski definition) is 0. The highest BCUT2D eigenvalue weighted by atomic mass is 32.2. The zero-order valence-electron chi connectivity index (χ0n) is 14.4. The number of rotatable bonds is 4. The van der Waals surface area contributed by atoms with Crippen molar-refractivity contribution >= 4 is 17.7 Å². The van der Waals surface area contributed by atoms with Crippen LogP contribution in [-0.4, -0.2) is 54.7 Å². The second-order valence-electron chi connectivity index (χ2n) is 7.36. The van der Waals surface area contributed by atoms with E-state index in [0.717, 1.165) is 49.5 Å². The van der Waals surface area contributed by atoms with E-state index in [-0.39, 0.29) is 5.91 Å². The fourth-order valence-corrected chi connectivity index (χ4v) is 4.89. The van der Waals surface area contributed by atoms with E-state index in [2.05, 4.69) is 23.3 Å². The summed E-state index contributed by atoms with van der Waals surface area (Å²) in [5.41, 5.74) is 0.819. The lowest BCUT2D eigenvalue weighted by Gasteiger charge is -2.37. The van der Waals surface area contributed by atoms with Gasteiger partial charge in [-0.1, -0.05) is 12.2 Å². The summed E-state index contributed by atoms with van der Waals surface area (Å²) < 4.78 is 0. The van der Waals surface area contributed by atoms with Crippen molar-refractivity contribution in [1.29, 1.82) is 0 Å². The first-order valence-electron chi connectivity index (χ1n) is 9.07. The summed E-state index contributed by atoms with van der Waals surface area (Å²) in [6, 6.07) is 8.00. The Hall–Kier alpha value is -1.26. The van der Waals surface area contributed by atoms with Gasteiger partial charge in [-0.05, 0) is 61.1 Å². The quantitative estimate of drug-likeness (QED) is 0.619. The van der Waals surface area contributed by atoms with Crippen LogP contribution in [0.2, 0.25) is 0 Å². The highest BCUT2D eigenvalue weighted by Crippen LogP contribution is 2.43. The third kappa shape index (κ3) is 3.27. The zero-order valence-corrected chi connectivity index (χ0v) is 15.2. The summed E-state index contributed by atoms with van der Waals surface area (Å²) in [5.74, 6) is 2.71. The van der Waals surface area contributed by atoms with Crippen molar-refractivity contribution in [2.24, 2.45) is 17.8 Å². The van der Waals surface area contributed by atoms with Crippen LogP contribution in [0.3, 0.4) is 0 Å². The predicted molar refractivity (Wildman–Crippen MR) is 99.4 cm³/mol. The van der Waals surface area contributed by atoms with Crippen molar-refractivity contribution in [2.45, 2.75) is 17.7 Å². The molecule has 1 saturated carbocycles. The SMILES string of the molecule is CSc1ccc(C(=O)N2CCN(CC3CC4C=CC3C4)CC2)cc1. The first kappa shape index (κ1) is 16.2. The van der Waals surface area contributed by atoms with E-state index in [1.54, 1.807) is 11.8 Å². The van der Waals surface area contributed by atoms with Gasteiger partial charge in [0.2, 0.25) is 0 Å². The predicted octanol–water partition coefficient (Wildman–Crippen LogP) is 3.38. The first-order valence-corrected chi connectivity index (χ1v) is 10.3. The van der Waals surface area contributed by atoms with Crippen molar-refractivity contribution < 1.29 is 4.79 Å². The van der Waals surface area contributed by atoms with Crippen LogP contribution in [-0.2, 0) is 0 Å². The zero-order chi connectivity index (χ0) is 16.5.